The van der Waals surface area contributed by atoms with E-state index in [9.17, 15) is 0 Å². The number of nitrogens with one attached hydrogen (secondary N) is 1. The third-order valence-corrected chi connectivity index (χ3v) is 4.50. The van der Waals surface area contributed by atoms with E-state index in [1.807, 2.05) is 11.6 Å². The molecule has 0 aliphatic rings. The second-order valence-electron chi connectivity index (χ2n) is 6.53. The van der Waals surface area contributed by atoms with Crippen molar-refractivity contribution in [3.8, 4) is 0 Å². The molecule has 3 nitrogen and oxygen atoms in total. The molecule has 1 N–H and O–H groups in total. The maximum absolute atomic E-state index is 6.44. The molecule has 4 heteroatoms. The SMILES string of the molecule is CCn1nc(C)c(Cl)c1CC(C)(CC)CNCC(C)C. The van der Waals surface area contributed by atoms with E-state index in [1.54, 1.807) is 0 Å². The first-order valence-electron chi connectivity index (χ1n) is 7.75. The monoisotopic (exact) mass is 299 g/mol. The molecule has 0 saturated heterocycles. The second kappa shape index (κ2) is 7.46. The van der Waals surface area contributed by atoms with Gasteiger partial charge in [0.25, 0.3) is 0 Å². The highest BCUT2D eigenvalue weighted by Gasteiger charge is 2.26. The van der Waals surface area contributed by atoms with Gasteiger partial charge in [-0.25, -0.2) is 0 Å². The lowest BCUT2D eigenvalue weighted by Crippen LogP contribution is -2.35. The van der Waals surface area contributed by atoms with Gasteiger partial charge in [0.15, 0.2) is 0 Å². The summed E-state index contributed by atoms with van der Waals surface area (Å²) in [5.41, 5.74) is 2.34. The van der Waals surface area contributed by atoms with E-state index in [4.69, 9.17) is 11.6 Å². The number of rotatable bonds is 8. The Hall–Kier alpha value is -0.540. The summed E-state index contributed by atoms with van der Waals surface area (Å²) in [6.07, 6.45) is 2.10. The van der Waals surface area contributed by atoms with Crippen molar-refractivity contribution in [2.75, 3.05) is 13.1 Å². The Bertz CT molecular complexity index is 426. The molecule has 1 atom stereocenters. The molecule has 0 aromatic carbocycles. The summed E-state index contributed by atoms with van der Waals surface area (Å²) in [5, 5.41) is 8.95. The summed E-state index contributed by atoms with van der Waals surface area (Å²) >= 11 is 6.44. The fourth-order valence-electron chi connectivity index (χ4n) is 2.42. The Kier molecular flexibility index (Phi) is 6.53. The maximum atomic E-state index is 6.44. The topological polar surface area (TPSA) is 29.9 Å². The van der Waals surface area contributed by atoms with Crippen LogP contribution in [0, 0.1) is 18.3 Å². The highest BCUT2D eigenvalue weighted by atomic mass is 35.5. The van der Waals surface area contributed by atoms with Crippen LogP contribution in [-0.2, 0) is 13.0 Å². The molecular weight excluding hydrogens is 270 g/mol. The lowest BCUT2D eigenvalue weighted by Gasteiger charge is -2.29. The minimum absolute atomic E-state index is 0.220. The third kappa shape index (κ3) is 4.49. The summed E-state index contributed by atoms with van der Waals surface area (Å²) in [7, 11) is 0. The zero-order chi connectivity index (χ0) is 15.3. The van der Waals surface area contributed by atoms with Crippen LogP contribution in [0.4, 0.5) is 0 Å². The van der Waals surface area contributed by atoms with E-state index >= 15 is 0 Å². The van der Waals surface area contributed by atoms with Crippen LogP contribution < -0.4 is 5.32 Å². The Morgan fingerprint density at radius 3 is 2.50 bits per heavy atom. The molecule has 0 spiro atoms. The predicted molar refractivity (Wildman–Crippen MR) is 87.5 cm³/mol. The van der Waals surface area contributed by atoms with Crippen LogP contribution in [-0.4, -0.2) is 22.9 Å². The largest absolute Gasteiger partial charge is 0.316 e. The predicted octanol–water partition coefficient (Wildman–Crippen LogP) is 4.07. The minimum Gasteiger partial charge on any atom is -0.316 e. The quantitative estimate of drug-likeness (QED) is 0.784. The molecule has 0 fully saturated rings. The first-order chi connectivity index (χ1) is 9.33. The second-order valence-corrected chi connectivity index (χ2v) is 6.91. The van der Waals surface area contributed by atoms with Crippen LogP contribution in [0.15, 0.2) is 0 Å². The van der Waals surface area contributed by atoms with Crippen molar-refractivity contribution in [1.29, 1.82) is 0 Å². The summed E-state index contributed by atoms with van der Waals surface area (Å²) in [5.74, 6) is 0.683. The smallest absolute Gasteiger partial charge is 0.0847 e. The molecule has 0 aliphatic carbocycles. The van der Waals surface area contributed by atoms with Crippen LogP contribution in [0.2, 0.25) is 5.02 Å². The molecule has 20 heavy (non-hydrogen) atoms. The molecule has 0 bridgehead atoms. The van der Waals surface area contributed by atoms with Gasteiger partial charge in [-0.2, -0.15) is 5.10 Å². The van der Waals surface area contributed by atoms with Gasteiger partial charge in [-0.15, -0.1) is 0 Å². The number of aryl methyl sites for hydroxylation is 2. The van der Waals surface area contributed by atoms with Gasteiger partial charge in [0, 0.05) is 13.1 Å². The molecule has 1 heterocycles. The molecule has 1 unspecified atom stereocenters. The van der Waals surface area contributed by atoms with Crippen LogP contribution in [0.5, 0.6) is 0 Å². The lowest BCUT2D eigenvalue weighted by atomic mass is 9.82. The van der Waals surface area contributed by atoms with Crippen molar-refractivity contribution in [1.82, 2.24) is 15.1 Å². The van der Waals surface area contributed by atoms with E-state index < -0.39 is 0 Å². The third-order valence-electron chi connectivity index (χ3n) is 4.00. The van der Waals surface area contributed by atoms with Gasteiger partial charge in [-0.1, -0.05) is 39.3 Å². The lowest BCUT2D eigenvalue weighted by molar-refractivity contribution is 0.278. The normalized spacial score (nSPS) is 14.8. The van der Waals surface area contributed by atoms with Gasteiger partial charge in [0.05, 0.1) is 16.4 Å². The summed E-state index contributed by atoms with van der Waals surface area (Å²) in [6.45, 7) is 16.1. The first-order valence-corrected chi connectivity index (χ1v) is 8.13. The number of halogens is 1. The summed E-state index contributed by atoms with van der Waals surface area (Å²) in [4.78, 5) is 0. The molecular formula is C16H30ClN3. The number of aromatic nitrogens is 2. The van der Waals surface area contributed by atoms with Crippen molar-refractivity contribution in [2.24, 2.45) is 11.3 Å². The average molecular weight is 300 g/mol. The van der Waals surface area contributed by atoms with Crippen molar-refractivity contribution in [3.63, 3.8) is 0 Å². The van der Waals surface area contributed by atoms with Crippen molar-refractivity contribution in [2.45, 2.75) is 60.9 Å². The van der Waals surface area contributed by atoms with Gasteiger partial charge in [0.2, 0.25) is 0 Å². The standard InChI is InChI=1S/C16H30ClN3/c1-7-16(6,11-18-10-12(3)4)9-14-15(17)13(5)19-20(14)8-2/h12,18H,7-11H2,1-6H3. The van der Waals surface area contributed by atoms with E-state index in [-0.39, 0.29) is 5.41 Å². The number of hydrogen-bond donors (Lipinski definition) is 1. The molecule has 1 aromatic heterocycles. The molecule has 0 amide bonds. The summed E-state index contributed by atoms with van der Waals surface area (Å²) < 4.78 is 2.05. The van der Waals surface area contributed by atoms with E-state index in [2.05, 4.69) is 45.0 Å². The number of hydrogen-bond acceptors (Lipinski definition) is 2. The van der Waals surface area contributed by atoms with Crippen LogP contribution >= 0.6 is 11.6 Å². The van der Waals surface area contributed by atoms with Gasteiger partial charge in [-0.3, -0.25) is 4.68 Å². The highest BCUT2D eigenvalue weighted by molar-refractivity contribution is 6.31. The van der Waals surface area contributed by atoms with E-state index in [0.717, 1.165) is 43.2 Å². The van der Waals surface area contributed by atoms with Crippen LogP contribution in [0.1, 0.15) is 52.4 Å². The fourth-order valence-corrected chi connectivity index (χ4v) is 2.62. The fraction of sp³-hybridized carbons (Fsp3) is 0.812. The average Bonchev–Trinajstić information content (AvgIpc) is 2.66. The molecule has 116 valence electrons. The van der Waals surface area contributed by atoms with Crippen molar-refractivity contribution >= 4 is 11.6 Å². The molecule has 0 aliphatic heterocycles. The van der Waals surface area contributed by atoms with Gasteiger partial charge < -0.3 is 5.32 Å². The highest BCUT2D eigenvalue weighted by Crippen LogP contribution is 2.31. The molecule has 1 aromatic rings. The van der Waals surface area contributed by atoms with Crippen molar-refractivity contribution < 1.29 is 0 Å². The van der Waals surface area contributed by atoms with Gasteiger partial charge in [0.1, 0.15) is 0 Å². The zero-order valence-electron chi connectivity index (χ0n) is 13.9. The summed E-state index contributed by atoms with van der Waals surface area (Å²) in [6, 6.07) is 0. The number of nitrogens with zero attached hydrogens (tertiary/aromatic N) is 2. The Morgan fingerprint density at radius 1 is 1.35 bits per heavy atom. The van der Waals surface area contributed by atoms with Crippen LogP contribution in [0.3, 0.4) is 0 Å². The van der Waals surface area contributed by atoms with Crippen LogP contribution in [0.25, 0.3) is 0 Å². The van der Waals surface area contributed by atoms with Gasteiger partial charge >= 0.3 is 0 Å². The Morgan fingerprint density at radius 2 is 2.00 bits per heavy atom. The maximum Gasteiger partial charge on any atom is 0.0847 e. The Balaban J connectivity index is 2.81. The molecule has 0 saturated carbocycles. The first kappa shape index (κ1) is 17.5. The molecule has 0 radical (unpaired) electrons. The zero-order valence-corrected chi connectivity index (χ0v) is 14.6. The van der Waals surface area contributed by atoms with E-state index in [0.29, 0.717) is 5.92 Å². The minimum atomic E-state index is 0.220. The van der Waals surface area contributed by atoms with Gasteiger partial charge in [-0.05, 0) is 44.6 Å². The van der Waals surface area contributed by atoms with E-state index in [1.165, 1.54) is 5.69 Å². The molecule has 1 rings (SSSR count). The Labute approximate surface area is 129 Å². The van der Waals surface area contributed by atoms with Crippen molar-refractivity contribution in [3.05, 3.63) is 16.4 Å².